The van der Waals surface area contributed by atoms with Gasteiger partial charge in [0.1, 0.15) is 0 Å². The van der Waals surface area contributed by atoms with Crippen LogP contribution in [0.3, 0.4) is 0 Å². The maximum Gasteiger partial charge on any atom is 0.315 e. The normalized spacial score (nSPS) is 21.9. The van der Waals surface area contributed by atoms with Gasteiger partial charge in [0.15, 0.2) is 0 Å². The minimum Gasteiger partial charge on any atom is -0.393 e. The molecule has 1 heterocycles. The summed E-state index contributed by atoms with van der Waals surface area (Å²) in [6, 6.07) is 9.73. The van der Waals surface area contributed by atoms with Gasteiger partial charge in [-0.2, -0.15) is 5.10 Å². The van der Waals surface area contributed by atoms with Crippen molar-refractivity contribution < 1.29 is 9.90 Å². The molecule has 1 fully saturated rings. The van der Waals surface area contributed by atoms with E-state index in [1.807, 2.05) is 43.5 Å². The van der Waals surface area contributed by atoms with Crippen LogP contribution >= 0.6 is 0 Å². The fraction of sp³-hybridized carbons (Fsp3) is 0.444. The quantitative estimate of drug-likeness (QED) is 0.807. The fourth-order valence-electron chi connectivity index (χ4n) is 3.09. The lowest BCUT2D eigenvalue weighted by molar-refractivity contribution is 0.117. The van der Waals surface area contributed by atoms with Crippen molar-refractivity contribution in [1.29, 1.82) is 0 Å². The summed E-state index contributed by atoms with van der Waals surface area (Å²) >= 11 is 0. The average Bonchev–Trinajstić information content (AvgIpc) is 3.11. The van der Waals surface area contributed by atoms with E-state index in [1.165, 1.54) is 0 Å². The van der Waals surface area contributed by atoms with Crippen LogP contribution in [0.2, 0.25) is 0 Å². The monoisotopic (exact) mass is 328 g/mol. The van der Waals surface area contributed by atoms with Gasteiger partial charge in [-0.25, -0.2) is 9.48 Å². The van der Waals surface area contributed by atoms with Gasteiger partial charge in [0.2, 0.25) is 0 Å². The maximum absolute atomic E-state index is 12.2. The number of carbonyl (C=O) groups excluding carboxylic acids is 1. The van der Waals surface area contributed by atoms with Crippen molar-refractivity contribution in [3.8, 4) is 5.69 Å². The van der Waals surface area contributed by atoms with Crippen molar-refractivity contribution in [2.45, 2.75) is 50.8 Å². The molecule has 0 spiro atoms. The van der Waals surface area contributed by atoms with E-state index in [1.54, 1.807) is 10.9 Å². The minimum atomic E-state index is -0.213. The highest BCUT2D eigenvalue weighted by molar-refractivity contribution is 5.74. The second kappa shape index (κ2) is 7.49. The third-order valence-corrected chi connectivity index (χ3v) is 4.52. The first-order chi connectivity index (χ1) is 11.6. The van der Waals surface area contributed by atoms with E-state index in [0.29, 0.717) is 0 Å². The predicted octanol–water partition coefficient (Wildman–Crippen LogP) is 2.54. The molecule has 1 saturated carbocycles. The van der Waals surface area contributed by atoms with E-state index in [4.69, 9.17) is 0 Å². The first-order valence-electron chi connectivity index (χ1n) is 8.47. The average molecular weight is 328 g/mol. The summed E-state index contributed by atoms with van der Waals surface area (Å²) in [4.78, 5) is 12.2. The van der Waals surface area contributed by atoms with E-state index in [0.717, 1.165) is 36.9 Å². The number of nitrogens with zero attached hydrogens (tertiary/aromatic N) is 2. The zero-order valence-corrected chi connectivity index (χ0v) is 13.9. The van der Waals surface area contributed by atoms with Gasteiger partial charge in [-0.3, -0.25) is 0 Å². The molecule has 6 heteroatoms. The summed E-state index contributed by atoms with van der Waals surface area (Å²) in [5, 5.41) is 19.7. The van der Waals surface area contributed by atoms with E-state index in [9.17, 15) is 9.90 Å². The van der Waals surface area contributed by atoms with Gasteiger partial charge in [-0.05, 0) is 56.4 Å². The highest BCUT2D eigenvalue weighted by Crippen LogP contribution is 2.19. The van der Waals surface area contributed by atoms with Crippen molar-refractivity contribution in [3.05, 3.63) is 48.3 Å². The lowest BCUT2D eigenvalue weighted by atomic mass is 9.93. The molecule has 0 bridgehead atoms. The number of amides is 2. The van der Waals surface area contributed by atoms with Gasteiger partial charge in [0.05, 0.1) is 17.8 Å². The van der Waals surface area contributed by atoms with Crippen LogP contribution in [0.25, 0.3) is 5.69 Å². The van der Waals surface area contributed by atoms with Crippen LogP contribution in [0.4, 0.5) is 4.79 Å². The Bertz CT molecular complexity index is 663. The molecule has 1 aliphatic rings. The number of aromatic nitrogens is 2. The Labute approximate surface area is 141 Å². The Morgan fingerprint density at radius 2 is 2.08 bits per heavy atom. The molecule has 0 radical (unpaired) electrons. The van der Waals surface area contributed by atoms with Crippen molar-refractivity contribution in [3.63, 3.8) is 0 Å². The number of aliphatic hydroxyl groups is 1. The molecule has 3 rings (SSSR count). The van der Waals surface area contributed by atoms with E-state index < -0.39 is 0 Å². The van der Waals surface area contributed by atoms with Crippen LogP contribution in [0.1, 0.15) is 44.2 Å². The van der Waals surface area contributed by atoms with Crippen LogP contribution < -0.4 is 10.6 Å². The number of carbonyl (C=O) groups is 1. The second-order valence-corrected chi connectivity index (χ2v) is 6.39. The third kappa shape index (κ3) is 4.14. The summed E-state index contributed by atoms with van der Waals surface area (Å²) in [5.74, 6) is 0. The third-order valence-electron chi connectivity index (χ3n) is 4.52. The molecule has 0 aliphatic heterocycles. The molecule has 0 saturated heterocycles. The van der Waals surface area contributed by atoms with Gasteiger partial charge in [-0.1, -0.05) is 12.1 Å². The number of benzene rings is 1. The van der Waals surface area contributed by atoms with Gasteiger partial charge in [0.25, 0.3) is 0 Å². The van der Waals surface area contributed by atoms with Crippen molar-refractivity contribution >= 4 is 6.03 Å². The SMILES string of the molecule is CC(NC(=O)NC1CCC(O)CC1)c1cccc(-n2cccn2)c1. The Balaban J connectivity index is 1.57. The topological polar surface area (TPSA) is 79.2 Å². The van der Waals surface area contributed by atoms with E-state index >= 15 is 0 Å². The molecule has 1 aliphatic carbocycles. The van der Waals surface area contributed by atoms with E-state index in [-0.39, 0.29) is 24.2 Å². The van der Waals surface area contributed by atoms with Gasteiger partial charge in [-0.15, -0.1) is 0 Å². The molecule has 2 aromatic rings. The minimum absolute atomic E-state index is 0.102. The summed E-state index contributed by atoms with van der Waals surface area (Å²) in [6.07, 6.45) is 6.59. The standard InChI is InChI=1S/C18H24N4O2/c1-13(20-18(24)21-15-6-8-17(23)9-7-15)14-4-2-5-16(12-14)22-11-3-10-19-22/h2-5,10-13,15,17,23H,6-9H2,1H3,(H2,20,21,24). The van der Waals surface area contributed by atoms with Crippen molar-refractivity contribution in [2.24, 2.45) is 0 Å². The van der Waals surface area contributed by atoms with Gasteiger partial charge < -0.3 is 15.7 Å². The molecule has 24 heavy (non-hydrogen) atoms. The molecule has 128 valence electrons. The number of nitrogens with one attached hydrogen (secondary N) is 2. The Morgan fingerprint density at radius 1 is 1.29 bits per heavy atom. The Morgan fingerprint density at radius 3 is 2.79 bits per heavy atom. The Hall–Kier alpha value is -2.34. The zero-order chi connectivity index (χ0) is 16.9. The number of hydrogen-bond acceptors (Lipinski definition) is 3. The maximum atomic E-state index is 12.2. The molecule has 1 unspecified atom stereocenters. The molecular formula is C18H24N4O2. The largest absolute Gasteiger partial charge is 0.393 e. The van der Waals surface area contributed by atoms with Crippen LogP contribution in [-0.4, -0.2) is 33.1 Å². The molecule has 1 atom stereocenters. The highest BCUT2D eigenvalue weighted by Gasteiger charge is 2.21. The van der Waals surface area contributed by atoms with Crippen molar-refractivity contribution in [2.75, 3.05) is 0 Å². The fourth-order valence-corrected chi connectivity index (χ4v) is 3.09. The molecule has 2 amide bonds. The molecule has 6 nitrogen and oxygen atoms in total. The first kappa shape index (κ1) is 16.5. The van der Waals surface area contributed by atoms with Gasteiger partial charge >= 0.3 is 6.03 Å². The van der Waals surface area contributed by atoms with Crippen LogP contribution in [0, 0.1) is 0 Å². The molecular weight excluding hydrogens is 304 g/mol. The predicted molar refractivity (Wildman–Crippen MR) is 91.9 cm³/mol. The van der Waals surface area contributed by atoms with Crippen LogP contribution in [0.5, 0.6) is 0 Å². The summed E-state index contributed by atoms with van der Waals surface area (Å²) in [6.45, 7) is 1.96. The summed E-state index contributed by atoms with van der Waals surface area (Å²) < 4.78 is 1.80. The lowest BCUT2D eigenvalue weighted by Gasteiger charge is -2.27. The molecule has 1 aromatic carbocycles. The van der Waals surface area contributed by atoms with Crippen LogP contribution in [-0.2, 0) is 0 Å². The second-order valence-electron chi connectivity index (χ2n) is 6.39. The number of urea groups is 1. The number of hydrogen-bond donors (Lipinski definition) is 3. The number of rotatable bonds is 4. The zero-order valence-electron chi connectivity index (χ0n) is 13.9. The summed E-state index contributed by atoms with van der Waals surface area (Å²) in [5.41, 5.74) is 1.99. The highest BCUT2D eigenvalue weighted by atomic mass is 16.3. The van der Waals surface area contributed by atoms with Crippen LogP contribution in [0.15, 0.2) is 42.7 Å². The smallest absolute Gasteiger partial charge is 0.315 e. The summed E-state index contributed by atoms with van der Waals surface area (Å²) in [7, 11) is 0. The Kier molecular flexibility index (Phi) is 5.15. The number of aliphatic hydroxyl groups excluding tert-OH is 1. The first-order valence-corrected chi connectivity index (χ1v) is 8.47. The molecule has 3 N–H and O–H groups in total. The van der Waals surface area contributed by atoms with Crippen molar-refractivity contribution in [1.82, 2.24) is 20.4 Å². The van der Waals surface area contributed by atoms with Gasteiger partial charge in [0, 0.05) is 18.4 Å². The lowest BCUT2D eigenvalue weighted by Crippen LogP contribution is -2.44. The molecule has 1 aromatic heterocycles. The van der Waals surface area contributed by atoms with E-state index in [2.05, 4.69) is 15.7 Å².